The molecule has 0 aliphatic carbocycles. The van der Waals surface area contributed by atoms with Crippen molar-refractivity contribution in [3.8, 4) is 11.1 Å². The van der Waals surface area contributed by atoms with Crippen molar-refractivity contribution in [3.63, 3.8) is 0 Å². The molecular formula is C21H13ClF4N4O. The Morgan fingerprint density at radius 1 is 1.06 bits per heavy atom. The Labute approximate surface area is 178 Å². The number of rotatable bonds is 4. The number of hydrogen-bond acceptors (Lipinski definition) is 3. The van der Waals surface area contributed by atoms with Crippen LogP contribution in [0.15, 0.2) is 54.9 Å². The lowest BCUT2D eigenvalue weighted by Gasteiger charge is -2.10. The Hall–Kier alpha value is -3.46. The van der Waals surface area contributed by atoms with E-state index in [1.807, 2.05) is 0 Å². The Balaban J connectivity index is 1.49. The minimum absolute atomic E-state index is 0.0751. The Morgan fingerprint density at radius 3 is 2.61 bits per heavy atom. The van der Waals surface area contributed by atoms with Gasteiger partial charge in [0.15, 0.2) is 0 Å². The van der Waals surface area contributed by atoms with Gasteiger partial charge in [-0.05, 0) is 41.5 Å². The molecule has 158 valence electrons. The van der Waals surface area contributed by atoms with Crippen LogP contribution in [-0.2, 0) is 17.4 Å². The number of fused-ring (bicyclic) bond motifs is 1. The summed E-state index contributed by atoms with van der Waals surface area (Å²) in [5.41, 5.74) is 0.716. The molecule has 0 unspecified atom stereocenters. The van der Waals surface area contributed by atoms with Crippen molar-refractivity contribution >= 4 is 34.2 Å². The van der Waals surface area contributed by atoms with E-state index in [4.69, 9.17) is 11.6 Å². The molecule has 5 nitrogen and oxygen atoms in total. The number of aromatic nitrogens is 3. The molecule has 0 spiro atoms. The second kappa shape index (κ2) is 7.99. The van der Waals surface area contributed by atoms with Crippen LogP contribution >= 0.6 is 11.6 Å². The topological polar surface area (TPSA) is 70.7 Å². The number of alkyl halides is 3. The molecule has 4 aromatic rings. The van der Waals surface area contributed by atoms with Crippen LogP contribution in [0.3, 0.4) is 0 Å². The largest absolute Gasteiger partial charge is 0.433 e. The van der Waals surface area contributed by atoms with E-state index >= 15 is 0 Å². The summed E-state index contributed by atoms with van der Waals surface area (Å²) in [6.07, 6.45) is -2.47. The number of carbonyl (C=O) groups is 1. The summed E-state index contributed by atoms with van der Waals surface area (Å²) in [5, 5.41) is 3.53. The lowest BCUT2D eigenvalue weighted by atomic mass is 10.0. The number of nitrogens with one attached hydrogen (secondary N) is 2. The minimum Gasteiger partial charge on any atom is -0.330 e. The van der Waals surface area contributed by atoms with E-state index in [0.717, 1.165) is 11.6 Å². The fourth-order valence-electron chi connectivity index (χ4n) is 3.05. The zero-order valence-corrected chi connectivity index (χ0v) is 16.4. The molecular weight excluding hydrogens is 436 g/mol. The van der Waals surface area contributed by atoms with Gasteiger partial charge < -0.3 is 10.3 Å². The summed E-state index contributed by atoms with van der Waals surface area (Å²) in [5.74, 6) is -1.28. The number of nitrogens with zero attached hydrogens (tertiary/aromatic N) is 2. The molecule has 0 aliphatic heterocycles. The monoisotopic (exact) mass is 448 g/mol. The molecule has 3 heterocycles. The molecule has 0 aliphatic rings. The number of anilines is 1. The zero-order chi connectivity index (χ0) is 22.2. The summed E-state index contributed by atoms with van der Waals surface area (Å²) in [6, 6.07) is 9.80. The average molecular weight is 449 g/mol. The molecule has 0 saturated heterocycles. The van der Waals surface area contributed by atoms with E-state index in [9.17, 15) is 22.4 Å². The maximum absolute atomic E-state index is 14.6. The van der Waals surface area contributed by atoms with Crippen molar-refractivity contribution in [2.24, 2.45) is 0 Å². The number of H-pyrrole nitrogens is 1. The van der Waals surface area contributed by atoms with Crippen LogP contribution in [0, 0.1) is 5.82 Å². The van der Waals surface area contributed by atoms with Crippen LogP contribution < -0.4 is 5.32 Å². The van der Waals surface area contributed by atoms with Crippen LogP contribution in [-0.4, -0.2) is 20.9 Å². The number of benzene rings is 1. The van der Waals surface area contributed by atoms with Crippen molar-refractivity contribution in [1.82, 2.24) is 15.0 Å². The molecule has 0 fully saturated rings. The predicted octanol–water partition coefficient (Wildman–Crippen LogP) is 5.62. The molecule has 0 saturated carbocycles. The van der Waals surface area contributed by atoms with Gasteiger partial charge >= 0.3 is 6.18 Å². The van der Waals surface area contributed by atoms with E-state index in [2.05, 4.69) is 20.3 Å². The second-order valence-electron chi connectivity index (χ2n) is 6.74. The maximum atomic E-state index is 14.6. The predicted molar refractivity (Wildman–Crippen MR) is 108 cm³/mol. The Morgan fingerprint density at radius 2 is 1.87 bits per heavy atom. The summed E-state index contributed by atoms with van der Waals surface area (Å²) in [4.78, 5) is 22.5. The van der Waals surface area contributed by atoms with Crippen molar-refractivity contribution < 1.29 is 22.4 Å². The molecule has 4 rings (SSSR count). The van der Waals surface area contributed by atoms with Gasteiger partial charge in [-0.3, -0.25) is 9.78 Å². The van der Waals surface area contributed by atoms with E-state index in [0.29, 0.717) is 28.0 Å². The highest BCUT2D eigenvalue weighted by atomic mass is 35.5. The van der Waals surface area contributed by atoms with E-state index in [-0.39, 0.29) is 17.7 Å². The molecule has 0 radical (unpaired) electrons. The van der Waals surface area contributed by atoms with Crippen molar-refractivity contribution in [1.29, 1.82) is 0 Å². The number of halogens is 5. The highest BCUT2D eigenvalue weighted by molar-refractivity contribution is 6.30. The fraction of sp³-hybridized carbons (Fsp3) is 0.0952. The van der Waals surface area contributed by atoms with Gasteiger partial charge in [0.25, 0.3) is 0 Å². The van der Waals surface area contributed by atoms with Crippen LogP contribution in [0.5, 0.6) is 0 Å². The van der Waals surface area contributed by atoms with Crippen LogP contribution in [0.2, 0.25) is 5.15 Å². The summed E-state index contributed by atoms with van der Waals surface area (Å²) < 4.78 is 52.8. The third-order valence-electron chi connectivity index (χ3n) is 4.51. The number of pyridine rings is 2. The number of carbonyl (C=O) groups excluding carboxylic acids is 1. The van der Waals surface area contributed by atoms with Crippen LogP contribution in [0.1, 0.15) is 11.3 Å². The first-order valence-corrected chi connectivity index (χ1v) is 9.33. The third kappa shape index (κ3) is 4.66. The smallest absolute Gasteiger partial charge is 0.330 e. The molecule has 0 bridgehead atoms. The molecule has 2 N–H and O–H groups in total. The van der Waals surface area contributed by atoms with Gasteiger partial charge in [-0.15, -0.1) is 0 Å². The van der Waals surface area contributed by atoms with Crippen molar-refractivity contribution in [2.45, 2.75) is 12.6 Å². The molecule has 1 amide bonds. The highest BCUT2D eigenvalue weighted by Gasteiger charge is 2.32. The number of hydrogen-bond donors (Lipinski definition) is 2. The van der Waals surface area contributed by atoms with E-state index in [1.165, 1.54) is 18.2 Å². The van der Waals surface area contributed by atoms with Gasteiger partial charge in [0, 0.05) is 29.0 Å². The van der Waals surface area contributed by atoms with Crippen LogP contribution in [0.25, 0.3) is 22.2 Å². The maximum Gasteiger partial charge on any atom is 0.433 e. The van der Waals surface area contributed by atoms with Crippen LogP contribution in [0.4, 0.5) is 23.2 Å². The zero-order valence-electron chi connectivity index (χ0n) is 15.6. The highest BCUT2D eigenvalue weighted by Crippen LogP contribution is 2.29. The lowest BCUT2D eigenvalue weighted by molar-refractivity contribution is -0.141. The number of amides is 1. The van der Waals surface area contributed by atoms with Gasteiger partial charge in [-0.25, -0.2) is 9.37 Å². The summed E-state index contributed by atoms with van der Waals surface area (Å²) >= 11 is 5.91. The molecule has 1 aromatic carbocycles. The Bertz CT molecular complexity index is 1290. The second-order valence-corrected chi connectivity index (χ2v) is 7.14. The standard InChI is InChI=1S/C21H13ClF4N4O/c22-18-7-13-5-14(10-28-20(13)30-18)11-1-2-12(16(23)6-11)8-19(31)29-15-3-4-27-17(9-15)21(24,25)26/h1-7,9-10H,8H2,(H,28,30)(H,27,29,31). The third-order valence-corrected chi connectivity index (χ3v) is 4.71. The van der Waals surface area contributed by atoms with Gasteiger partial charge in [0.05, 0.1) is 6.42 Å². The summed E-state index contributed by atoms with van der Waals surface area (Å²) in [7, 11) is 0. The first kappa shape index (κ1) is 20.8. The molecule has 31 heavy (non-hydrogen) atoms. The minimum atomic E-state index is -4.63. The van der Waals surface area contributed by atoms with Gasteiger partial charge in [0.1, 0.15) is 22.3 Å². The SMILES string of the molecule is O=C(Cc1ccc(-c2cnc3[nH]c(Cl)cc3c2)cc1F)Nc1ccnc(C(F)(F)F)c1. The summed E-state index contributed by atoms with van der Waals surface area (Å²) in [6.45, 7) is 0. The first-order valence-electron chi connectivity index (χ1n) is 8.95. The molecule has 0 atom stereocenters. The van der Waals surface area contributed by atoms with Crippen molar-refractivity contribution in [3.05, 3.63) is 77.1 Å². The van der Waals surface area contributed by atoms with Gasteiger partial charge in [0.2, 0.25) is 5.91 Å². The molecule has 10 heteroatoms. The lowest BCUT2D eigenvalue weighted by Crippen LogP contribution is -2.16. The number of aromatic amines is 1. The Kier molecular flexibility index (Phi) is 5.36. The molecule has 3 aromatic heterocycles. The average Bonchev–Trinajstić information content (AvgIpc) is 3.08. The quantitative estimate of drug-likeness (QED) is 0.398. The fourth-order valence-corrected chi connectivity index (χ4v) is 3.26. The van der Waals surface area contributed by atoms with E-state index in [1.54, 1.807) is 24.4 Å². The first-order chi connectivity index (χ1) is 14.7. The van der Waals surface area contributed by atoms with Gasteiger partial charge in [-0.1, -0.05) is 23.7 Å². The van der Waals surface area contributed by atoms with E-state index < -0.39 is 23.6 Å². The van der Waals surface area contributed by atoms with Crippen molar-refractivity contribution in [2.75, 3.05) is 5.32 Å². The van der Waals surface area contributed by atoms with Gasteiger partial charge in [-0.2, -0.15) is 13.2 Å². The normalized spacial score (nSPS) is 11.6.